The first-order valence-corrected chi connectivity index (χ1v) is 5.39. The molecule has 1 rings (SSSR count). The van der Waals surface area contributed by atoms with Crippen molar-refractivity contribution in [2.45, 2.75) is 6.18 Å². The number of benzene rings is 1. The van der Waals surface area contributed by atoms with Gasteiger partial charge in [-0.05, 0) is 40.8 Å². The summed E-state index contributed by atoms with van der Waals surface area (Å²) in [4.78, 5) is 12.8. The number of alkyl halides is 3. The van der Waals surface area contributed by atoms with Gasteiger partial charge in [0.2, 0.25) is 0 Å². The highest BCUT2D eigenvalue weighted by atomic mass is 127. The molecule has 0 fully saturated rings. The molecule has 0 radical (unpaired) electrons. The maximum Gasteiger partial charge on any atom is 0.416 e. The zero-order valence-electron chi connectivity index (χ0n) is 8.60. The van der Waals surface area contributed by atoms with Crippen LogP contribution in [0.4, 0.5) is 13.2 Å². The molecule has 0 aliphatic rings. The highest BCUT2D eigenvalue weighted by molar-refractivity contribution is 14.1. The van der Waals surface area contributed by atoms with Gasteiger partial charge in [0.25, 0.3) is 5.91 Å². The van der Waals surface area contributed by atoms with Crippen LogP contribution >= 0.6 is 22.6 Å². The van der Waals surface area contributed by atoms with Crippen LogP contribution in [-0.2, 0) is 6.18 Å². The summed E-state index contributed by atoms with van der Waals surface area (Å²) < 4.78 is 37.8. The molecular formula is C10H9F3INO. The van der Waals surface area contributed by atoms with Gasteiger partial charge in [-0.1, -0.05) is 0 Å². The lowest BCUT2D eigenvalue weighted by Crippen LogP contribution is -2.22. The number of nitrogens with zero attached hydrogens (tertiary/aromatic N) is 1. The first-order chi connectivity index (χ1) is 7.21. The zero-order valence-corrected chi connectivity index (χ0v) is 10.8. The van der Waals surface area contributed by atoms with E-state index in [1.54, 1.807) is 22.6 Å². The number of hydrogen-bond donors (Lipinski definition) is 0. The van der Waals surface area contributed by atoms with Gasteiger partial charge < -0.3 is 4.90 Å². The highest BCUT2D eigenvalue weighted by Crippen LogP contribution is 2.31. The first-order valence-electron chi connectivity index (χ1n) is 4.31. The van der Waals surface area contributed by atoms with Gasteiger partial charge in [0.05, 0.1) is 5.56 Å². The SMILES string of the molecule is CN(C)C(=O)c1cc(I)cc(C(F)(F)F)c1. The summed E-state index contributed by atoms with van der Waals surface area (Å²) in [5, 5.41) is 0. The smallest absolute Gasteiger partial charge is 0.345 e. The van der Waals surface area contributed by atoms with Crippen molar-refractivity contribution in [1.82, 2.24) is 4.90 Å². The minimum absolute atomic E-state index is 0.0456. The Hall–Kier alpha value is -0.790. The van der Waals surface area contributed by atoms with Gasteiger partial charge in [-0.3, -0.25) is 4.79 Å². The third-order valence-corrected chi connectivity index (χ3v) is 2.50. The molecule has 0 atom stereocenters. The second kappa shape index (κ2) is 4.60. The molecule has 0 unspecified atom stereocenters. The number of halogens is 4. The Morgan fingerprint density at radius 1 is 1.25 bits per heavy atom. The predicted octanol–water partition coefficient (Wildman–Crippen LogP) is 3.01. The van der Waals surface area contributed by atoms with Crippen LogP contribution in [0.3, 0.4) is 0 Å². The molecule has 0 saturated heterocycles. The Morgan fingerprint density at radius 3 is 2.25 bits per heavy atom. The Morgan fingerprint density at radius 2 is 1.81 bits per heavy atom. The van der Waals surface area contributed by atoms with E-state index in [2.05, 4.69) is 0 Å². The van der Waals surface area contributed by atoms with Crippen LogP contribution in [0.1, 0.15) is 15.9 Å². The molecule has 0 aromatic heterocycles. The summed E-state index contributed by atoms with van der Waals surface area (Å²) >= 11 is 1.76. The summed E-state index contributed by atoms with van der Waals surface area (Å²) in [5.41, 5.74) is -0.756. The highest BCUT2D eigenvalue weighted by Gasteiger charge is 2.31. The molecule has 0 aliphatic heterocycles. The maximum absolute atomic E-state index is 12.5. The van der Waals surface area contributed by atoms with Gasteiger partial charge in [-0.2, -0.15) is 13.2 Å². The molecule has 2 nitrogen and oxygen atoms in total. The molecule has 6 heteroatoms. The third kappa shape index (κ3) is 3.10. The number of hydrogen-bond acceptors (Lipinski definition) is 1. The van der Waals surface area contributed by atoms with Gasteiger partial charge in [0, 0.05) is 23.2 Å². The van der Waals surface area contributed by atoms with Gasteiger partial charge in [0.1, 0.15) is 0 Å². The lowest BCUT2D eigenvalue weighted by Gasteiger charge is -2.13. The Labute approximate surface area is 105 Å². The Bertz CT molecular complexity index is 415. The maximum atomic E-state index is 12.5. The average Bonchev–Trinajstić information content (AvgIpc) is 2.14. The van der Waals surface area contributed by atoms with Crippen LogP contribution in [0, 0.1) is 3.57 Å². The van der Waals surface area contributed by atoms with Crippen LogP contribution in [0.2, 0.25) is 0 Å². The number of amides is 1. The quantitative estimate of drug-likeness (QED) is 0.718. The molecule has 88 valence electrons. The molecule has 0 N–H and O–H groups in total. The molecule has 0 saturated carbocycles. The van der Waals surface area contributed by atoms with E-state index in [9.17, 15) is 18.0 Å². The lowest BCUT2D eigenvalue weighted by molar-refractivity contribution is -0.137. The van der Waals surface area contributed by atoms with Gasteiger partial charge in [-0.15, -0.1) is 0 Å². The molecule has 0 heterocycles. The number of carbonyl (C=O) groups is 1. The molecule has 0 spiro atoms. The van der Waals surface area contributed by atoms with Gasteiger partial charge in [0.15, 0.2) is 0 Å². The molecule has 0 bridgehead atoms. The molecule has 1 aromatic carbocycles. The average molecular weight is 343 g/mol. The molecule has 1 aromatic rings. The fourth-order valence-electron chi connectivity index (χ4n) is 1.13. The van der Waals surface area contributed by atoms with E-state index < -0.39 is 17.6 Å². The molecule has 16 heavy (non-hydrogen) atoms. The normalized spacial score (nSPS) is 11.4. The van der Waals surface area contributed by atoms with E-state index in [-0.39, 0.29) is 5.56 Å². The van der Waals surface area contributed by atoms with Crippen molar-refractivity contribution in [1.29, 1.82) is 0 Å². The van der Waals surface area contributed by atoms with Crippen molar-refractivity contribution < 1.29 is 18.0 Å². The van der Waals surface area contributed by atoms with Crippen LogP contribution in [0.5, 0.6) is 0 Å². The Kier molecular flexibility index (Phi) is 3.82. The molecule has 1 amide bonds. The summed E-state index contributed by atoms with van der Waals surface area (Å²) in [6, 6.07) is 3.30. The third-order valence-electron chi connectivity index (χ3n) is 1.88. The predicted molar refractivity (Wildman–Crippen MR) is 62.2 cm³/mol. The minimum Gasteiger partial charge on any atom is -0.345 e. The van der Waals surface area contributed by atoms with E-state index in [1.807, 2.05) is 0 Å². The topological polar surface area (TPSA) is 20.3 Å². The van der Waals surface area contributed by atoms with Crippen molar-refractivity contribution in [3.63, 3.8) is 0 Å². The fraction of sp³-hybridized carbons (Fsp3) is 0.300. The molecule has 0 aliphatic carbocycles. The van der Waals surface area contributed by atoms with Crippen molar-refractivity contribution >= 4 is 28.5 Å². The summed E-state index contributed by atoms with van der Waals surface area (Å²) in [7, 11) is 2.99. The Balaban J connectivity index is 3.24. The van der Waals surface area contributed by atoms with E-state index in [1.165, 1.54) is 25.1 Å². The monoisotopic (exact) mass is 343 g/mol. The van der Waals surface area contributed by atoms with Crippen LogP contribution in [0.15, 0.2) is 18.2 Å². The van der Waals surface area contributed by atoms with Crippen LogP contribution in [0.25, 0.3) is 0 Å². The van der Waals surface area contributed by atoms with Crippen molar-refractivity contribution in [2.24, 2.45) is 0 Å². The fourth-order valence-corrected chi connectivity index (χ4v) is 1.81. The first kappa shape index (κ1) is 13.3. The van der Waals surface area contributed by atoms with Crippen LogP contribution < -0.4 is 0 Å². The molecular weight excluding hydrogens is 334 g/mol. The van der Waals surface area contributed by atoms with Crippen LogP contribution in [-0.4, -0.2) is 24.9 Å². The minimum atomic E-state index is -4.43. The second-order valence-electron chi connectivity index (χ2n) is 3.43. The summed E-state index contributed by atoms with van der Waals surface area (Å²) in [6.45, 7) is 0. The van der Waals surface area contributed by atoms with E-state index >= 15 is 0 Å². The van der Waals surface area contributed by atoms with Gasteiger partial charge in [-0.25, -0.2) is 0 Å². The van der Waals surface area contributed by atoms with Crippen molar-refractivity contribution in [3.8, 4) is 0 Å². The van der Waals surface area contributed by atoms with E-state index in [0.717, 1.165) is 12.1 Å². The summed E-state index contributed by atoms with van der Waals surface area (Å²) in [6.07, 6.45) is -4.43. The largest absolute Gasteiger partial charge is 0.416 e. The van der Waals surface area contributed by atoms with Crippen molar-refractivity contribution in [2.75, 3.05) is 14.1 Å². The summed E-state index contributed by atoms with van der Waals surface area (Å²) in [5.74, 6) is -0.441. The standard InChI is InChI=1S/C10H9F3INO/c1-15(2)9(16)6-3-7(10(11,12)13)5-8(14)4-6/h3-5H,1-2H3. The van der Waals surface area contributed by atoms with Crippen molar-refractivity contribution in [3.05, 3.63) is 32.9 Å². The number of carbonyl (C=O) groups excluding carboxylic acids is 1. The lowest BCUT2D eigenvalue weighted by atomic mass is 10.1. The van der Waals surface area contributed by atoms with E-state index in [0.29, 0.717) is 3.57 Å². The number of rotatable bonds is 1. The zero-order chi connectivity index (χ0) is 12.5. The van der Waals surface area contributed by atoms with Gasteiger partial charge >= 0.3 is 6.18 Å². The second-order valence-corrected chi connectivity index (χ2v) is 4.67. The van der Waals surface area contributed by atoms with E-state index in [4.69, 9.17) is 0 Å².